The molecule has 6 nitrogen and oxygen atoms in total. The zero-order chi connectivity index (χ0) is 17.3. The van der Waals surface area contributed by atoms with Gasteiger partial charge in [0, 0.05) is 38.9 Å². The molecule has 1 aromatic heterocycles. The van der Waals surface area contributed by atoms with Crippen LogP contribution < -0.4 is 5.32 Å². The molecule has 2 saturated carbocycles. The molecule has 1 saturated heterocycles. The lowest BCUT2D eigenvalue weighted by atomic mass is 9.84. The average molecular weight is 344 g/mol. The Balaban J connectivity index is 1.20. The van der Waals surface area contributed by atoms with E-state index >= 15 is 0 Å². The normalized spacial score (nSPS) is 25.0. The highest BCUT2D eigenvalue weighted by atomic mass is 16.2. The van der Waals surface area contributed by atoms with Crippen molar-refractivity contribution in [2.45, 2.75) is 38.5 Å². The van der Waals surface area contributed by atoms with Crippen molar-refractivity contribution in [2.75, 3.05) is 32.7 Å². The summed E-state index contributed by atoms with van der Waals surface area (Å²) in [6, 6.07) is 3.65. The van der Waals surface area contributed by atoms with E-state index in [1.54, 1.807) is 12.3 Å². The summed E-state index contributed by atoms with van der Waals surface area (Å²) in [5, 5.41) is 3.13. The van der Waals surface area contributed by atoms with Crippen LogP contribution in [0.25, 0.3) is 0 Å². The first-order valence-electron chi connectivity index (χ1n) is 9.63. The molecular formula is C19H28N4O2. The van der Waals surface area contributed by atoms with Crippen molar-refractivity contribution in [3.63, 3.8) is 0 Å². The van der Waals surface area contributed by atoms with Crippen LogP contribution in [0.3, 0.4) is 0 Å². The molecule has 0 radical (unpaired) electrons. The smallest absolute Gasteiger partial charge is 0.317 e. The van der Waals surface area contributed by atoms with E-state index < -0.39 is 0 Å². The number of nitrogens with one attached hydrogen (secondary N) is 2. The van der Waals surface area contributed by atoms with Gasteiger partial charge in [-0.25, -0.2) is 4.79 Å². The van der Waals surface area contributed by atoms with Crippen LogP contribution in [-0.4, -0.2) is 59.4 Å². The molecule has 25 heavy (non-hydrogen) atoms. The van der Waals surface area contributed by atoms with Crippen LogP contribution >= 0.6 is 0 Å². The highest BCUT2D eigenvalue weighted by molar-refractivity contribution is 5.92. The lowest BCUT2D eigenvalue weighted by Crippen LogP contribution is -2.53. The van der Waals surface area contributed by atoms with E-state index in [0.29, 0.717) is 43.2 Å². The predicted molar refractivity (Wildman–Crippen MR) is 95.3 cm³/mol. The zero-order valence-electron chi connectivity index (χ0n) is 14.8. The number of carbonyl (C=O) groups is 2. The third kappa shape index (κ3) is 3.39. The third-order valence-electron chi connectivity index (χ3n) is 6.39. The summed E-state index contributed by atoms with van der Waals surface area (Å²) >= 11 is 0. The summed E-state index contributed by atoms with van der Waals surface area (Å²) in [5.41, 5.74) is 1.18. The van der Waals surface area contributed by atoms with E-state index in [-0.39, 0.29) is 11.9 Å². The first-order valence-corrected chi connectivity index (χ1v) is 9.63. The van der Waals surface area contributed by atoms with Crippen molar-refractivity contribution in [1.82, 2.24) is 20.1 Å². The molecule has 136 valence electrons. The summed E-state index contributed by atoms with van der Waals surface area (Å²) in [5.74, 6) is 0.703. The van der Waals surface area contributed by atoms with Gasteiger partial charge < -0.3 is 20.1 Å². The predicted octanol–water partition coefficient (Wildman–Crippen LogP) is 2.45. The van der Waals surface area contributed by atoms with Crippen molar-refractivity contribution < 1.29 is 9.59 Å². The SMILES string of the molecule is O=C(NC[C@@H]1CC12CCCCC2)N1CCN(C(=O)c2ccc[nH]2)CC1. The highest BCUT2D eigenvalue weighted by Crippen LogP contribution is 2.60. The molecule has 2 N–H and O–H groups in total. The molecule has 0 unspecified atom stereocenters. The maximum Gasteiger partial charge on any atom is 0.317 e. The lowest BCUT2D eigenvalue weighted by Gasteiger charge is -2.34. The van der Waals surface area contributed by atoms with Gasteiger partial charge in [-0.15, -0.1) is 0 Å². The molecule has 3 amide bonds. The number of hydrogen-bond donors (Lipinski definition) is 2. The number of carbonyl (C=O) groups excluding carboxylic acids is 2. The molecule has 1 aliphatic heterocycles. The van der Waals surface area contributed by atoms with Gasteiger partial charge in [-0.05, 0) is 42.7 Å². The van der Waals surface area contributed by atoms with Crippen molar-refractivity contribution in [2.24, 2.45) is 11.3 Å². The van der Waals surface area contributed by atoms with Crippen LogP contribution in [0, 0.1) is 11.3 Å². The standard InChI is InChI=1S/C19H28N4O2/c24-17(16-5-4-8-20-16)22-9-11-23(12-10-22)18(25)21-14-15-13-19(15)6-2-1-3-7-19/h4-5,8,15,20H,1-3,6-7,9-14H2,(H,21,25)/t15-/m0/s1. The highest BCUT2D eigenvalue weighted by Gasteiger charge is 2.53. The molecule has 1 spiro atoms. The molecule has 1 aromatic rings. The summed E-state index contributed by atoms with van der Waals surface area (Å²) < 4.78 is 0. The van der Waals surface area contributed by atoms with Crippen molar-refractivity contribution in [3.05, 3.63) is 24.0 Å². The van der Waals surface area contributed by atoms with Gasteiger partial charge in [-0.1, -0.05) is 19.3 Å². The summed E-state index contributed by atoms with van der Waals surface area (Å²) in [7, 11) is 0. The Morgan fingerprint density at radius 2 is 1.84 bits per heavy atom. The molecule has 1 atom stereocenters. The summed E-state index contributed by atoms with van der Waals surface area (Å²) in [4.78, 5) is 31.3. The maximum absolute atomic E-state index is 12.4. The van der Waals surface area contributed by atoms with E-state index in [9.17, 15) is 9.59 Å². The average Bonchev–Trinajstić information content (AvgIpc) is 3.07. The topological polar surface area (TPSA) is 68.4 Å². The maximum atomic E-state index is 12.4. The zero-order valence-corrected chi connectivity index (χ0v) is 14.8. The Labute approximate surface area is 148 Å². The van der Waals surface area contributed by atoms with Gasteiger partial charge in [-0.3, -0.25) is 4.79 Å². The summed E-state index contributed by atoms with van der Waals surface area (Å²) in [6.07, 6.45) is 9.87. The minimum Gasteiger partial charge on any atom is -0.357 e. The number of H-pyrrole nitrogens is 1. The molecule has 6 heteroatoms. The Morgan fingerprint density at radius 1 is 1.12 bits per heavy atom. The largest absolute Gasteiger partial charge is 0.357 e. The third-order valence-corrected chi connectivity index (χ3v) is 6.39. The monoisotopic (exact) mass is 344 g/mol. The second-order valence-corrected chi connectivity index (χ2v) is 7.87. The van der Waals surface area contributed by atoms with E-state index in [2.05, 4.69) is 10.3 Å². The van der Waals surface area contributed by atoms with Crippen LogP contribution in [0.1, 0.15) is 49.0 Å². The number of nitrogens with zero attached hydrogens (tertiary/aromatic N) is 2. The first-order chi connectivity index (χ1) is 12.2. The Kier molecular flexibility index (Phi) is 4.44. The van der Waals surface area contributed by atoms with Crippen LogP contribution in [0.2, 0.25) is 0 Å². The molecule has 0 bridgehead atoms. The number of aromatic amines is 1. The van der Waals surface area contributed by atoms with Gasteiger partial charge in [-0.2, -0.15) is 0 Å². The van der Waals surface area contributed by atoms with Gasteiger partial charge in [0.25, 0.3) is 5.91 Å². The van der Waals surface area contributed by atoms with E-state index in [4.69, 9.17) is 0 Å². The second kappa shape index (κ2) is 6.73. The van der Waals surface area contributed by atoms with Gasteiger partial charge in [0.05, 0.1) is 0 Å². The van der Waals surface area contributed by atoms with Gasteiger partial charge in [0.1, 0.15) is 5.69 Å². The van der Waals surface area contributed by atoms with Crippen LogP contribution in [0.15, 0.2) is 18.3 Å². The van der Waals surface area contributed by atoms with Gasteiger partial charge in [0.15, 0.2) is 0 Å². The number of aromatic nitrogens is 1. The van der Waals surface area contributed by atoms with Crippen LogP contribution in [0.4, 0.5) is 4.79 Å². The number of hydrogen-bond acceptors (Lipinski definition) is 2. The van der Waals surface area contributed by atoms with Crippen molar-refractivity contribution >= 4 is 11.9 Å². The lowest BCUT2D eigenvalue weighted by molar-refractivity contribution is 0.0659. The molecule has 2 aliphatic carbocycles. The Bertz CT molecular complexity index is 613. The van der Waals surface area contributed by atoms with Gasteiger partial charge in [0.2, 0.25) is 0 Å². The molecule has 3 fully saturated rings. The number of rotatable bonds is 3. The minimum atomic E-state index is 0.0160. The number of amides is 3. The number of urea groups is 1. The Hall–Kier alpha value is -1.98. The fraction of sp³-hybridized carbons (Fsp3) is 0.684. The van der Waals surface area contributed by atoms with Gasteiger partial charge >= 0.3 is 6.03 Å². The molecular weight excluding hydrogens is 316 g/mol. The molecule has 3 aliphatic rings. The van der Waals surface area contributed by atoms with E-state index in [1.165, 1.54) is 38.5 Å². The number of piperazine rings is 1. The van der Waals surface area contributed by atoms with Crippen molar-refractivity contribution in [1.29, 1.82) is 0 Å². The summed E-state index contributed by atoms with van der Waals surface area (Å²) in [6.45, 7) is 3.22. The molecule has 4 rings (SSSR count). The Morgan fingerprint density at radius 3 is 2.52 bits per heavy atom. The second-order valence-electron chi connectivity index (χ2n) is 7.87. The minimum absolute atomic E-state index is 0.0160. The van der Waals surface area contributed by atoms with E-state index in [1.807, 2.05) is 15.9 Å². The van der Waals surface area contributed by atoms with Crippen LogP contribution in [-0.2, 0) is 0 Å². The first kappa shape index (κ1) is 16.5. The molecule has 2 heterocycles. The quantitative estimate of drug-likeness (QED) is 0.884. The van der Waals surface area contributed by atoms with E-state index in [0.717, 1.165) is 6.54 Å². The van der Waals surface area contributed by atoms with Crippen molar-refractivity contribution in [3.8, 4) is 0 Å². The fourth-order valence-electron chi connectivity index (χ4n) is 4.66. The van der Waals surface area contributed by atoms with Crippen LogP contribution in [0.5, 0.6) is 0 Å². The fourth-order valence-corrected chi connectivity index (χ4v) is 4.66. The molecule has 0 aromatic carbocycles.